The number of nitrogens with zero attached hydrogens (tertiary/aromatic N) is 2. The van der Waals surface area contributed by atoms with Crippen molar-refractivity contribution in [1.29, 1.82) is 0 Å². The first-order valence-corrected chi connectivity index (χ1v) is 4.69. The van der Waals surface area contributed by atoms with E-state index in [1.165, 1.54) is 0 Å². The molecular weight excluding hydrogens is 180 g/mol. The molecule has 0 spiro atoms. The van der Waals surface area contributed by atoms with Crippen LogP contribution in [0.1, 0.15) is 23.2 Å². The summed E-state index contributed by atoms with van der Waals surface area (Å²) >= 11 is 0. The van der Waals surface area contributed by atoms with Crippen molar-refractivity contribution in [3.05, 3.63) is 23.3 Å². The van der Waals surface area contributed by atoms with Gasteiger partial charge in [0.1, 0.15) is 6.10 Å². The second kappa shape index (κ2) is 4.00. The SMILES string of the molecule is CNCC(O)c1ncc2c(n1)CNC2. The number of rotatable bonds is 3. The van der Waals surface area contributed by atoms with Gasteiger partial charge in [0.25, 0.3) is 0 Å². The predicted octanol–water partition coefficient (Wildman–Crippen LogP) is -0.667. The van der Waals surface area contributed by atoms with Crippen molar-refractivity contribution in [3.63, 3.8) is 0 Å². The van der Waals surface area contributed by atoms with E-state index >= 15 is 0 Å². The van der Waals surface area contributed by atoms with Gasteiger partial charge in [-0.25, -0.2) is 9.97 Å². The van der Waals surface area contributed by atoms with Crippen LogP contribution in [0.3, 0.4) is 0 Å². The maximum absolute atomic E-state index is 9.64. The summed E-state index contributed by atoms with van der Waals surface area (Å²) in [6.45, 7) is 2.08. The molecule has 1 unspecified atom stereocenters. The van der Waals surface area contributed by atoms with E-state index in [-0.39, 0.29) is 0 Å². The van der Waals surface area contributed by atoms with E-state index in [9.17, 15) is 5.11 Å². The van der Waals surface area contributed by atoms with Crippen LogP contribution in [0.5, 0.6) is 0 Å². The van der Waals surface area contributed by atoms with Crippen LogP contribution < -0.4 is 10.6 Å². The van der Waals surface area contributed by atoms with E-state index in [4.69, 9.17) is 0 Å². The van der Waals surface area contributed by atoms with Gasteiger partial charge in [0.2, 0.25) is 0 Å². The number of aromatic nitrogens is 2. The summed E-state index contributed by atoms with van der Waals surface area (Å²) in [4.78, 5) is 8.44. The molecule has 5 heteroatoms. The van der Waals surface area contributed by atoms with E-state index in [0.29, 0.717) is 12.4 Å². The summed E-state index contributed by atoms with van der Waals surface area (Å²) in [5.74, 6) is 0.502. The maximum atomic E-state index is 9.64. The third-order valence-corrected chi connectivity index (χ3v) is 2.28. The molecule has 0 fully saturated rings. The molecular formula is C9H14N4O. The fourth-order valence-electron chi connectivity index (χ4n) is 1.52. The van der Waals surface area contributed by atoms with Gasteiger partial charge in [-0.2, -0.15) is 0 Å². The van der Waals surface area contributed by atoms with E-state index in [0.717, 1.165) is 24.3 Å². The van der Waals surface area contributed by atoms with Gasteiger partial charge >= 0.3 is 0 Å². The van der Waals surface area contributed by atoms with Crippen molar-refractivity contribution in [2.24, 2.45) is 0 Å². The topological polar surface area (TPSA) is 70.1 Å². The predicted molar refractivity (Wildman–Crippen MR) is 51.5 cm³/mol. The first-order valence-electron chi connectivity index (χ1n) is 4.69. The van der Waals surface area contributed by atoms with Gasteiger partial charge in [-0.3, -0.25) is 0 Å². The van der Waals surface area contributed by atoms with Gasteiger partial charge in [-0.15, -0.1) is 0 Å². The van der Waals surface area contributed by atoms with Crippen molar-refractivity contribution in [1.82, 2.24) is 20.6 Å². The van der Waals surface area contributed by atoms with Crippen molar-refractivity contribution < 1.29 is 5.11 Å². The average Bonchev–Trinajstić information content (AvgIpc) is 2.64. The van der Waals surface area contributed by atoms with Gasteiger partial charge in [0.05, 0.1) is 5.69 Å². The van der Waals surface area contributed by atoms with Gasteiger partial charge < -0.3 is 15.7 Å². The zero-order chi connectivity index (χ0) is 9.97. The molecule has 0 saturated heterocycles. The lowest BCUT2D eigenvalue weighted by Gasteiger charge is -2.08. The molecule has 76 valence electrons. The highest BCUT2D eigenvalue weighted by atomic mass is 16.3. The smallest absolute Gasteiger partial charge is 0.158 e. The summed E-state index contributed by atoms with van der Waals surface area (Å²) in [7, 11) is 1.79. The molecule has 2 rings (SSSR count). The van der Waals surface area contributed by atoms with E-state index in [1.807, 2.05) is 0 Å². The Balaban J connectivity index is 2.19. The molecule has 0 radical (unpaired) electrons. The summed E-state index contributed by atoms with van der Waals surface area (Å²) in [6, 6.07) is 0. The van der Waals surface area contributed by atoms with Crippen LogP contribution in [0.15, 0.2) is 6.20 Å². The van der Waals surface area contributed by atoms with Crippen molar-refractivity contribution in [3.8, 4) is 0 Å². The minimum atomic E-state index is -0.620. The van der Waals surface area contributed by atoms with Gasteiger partial charge in [0, 0.05) is 31.4 Å². The zero-order valence-electron chi connectivity index (χ0n) is 8.12. The Morgan fingerprint density at radius 3 is 3.29 bits per heavy atom. The monoisotopic (exact) mass is 194 g/mol. The second-order valence-corrected chi connectivity index (χ2v) is 3.38. The van der Waals surface area contributed by atoms with E-state index < -0.39 is 6.10 Å². The Hall–Kier alpha value is -1.04. The quantitative estimate of drug-likeness (QED) is 0.595. The number of likely N-dealkylation sites (N-methyl/N-ethyl adjacent to an activating group) is 1. The molecule has 1 aromatic rings. The van der Waals surface area contributed by atoms with Gasteiger partial charge in [0.15, 0.2) is 5.82 Å². The highest BCUT2D eigenvalue weighted by Gasteiger charge is 2.16. The molecule has 1 atom stereocenters. The minimum absolute atomic E-state index is 0.478. The minimum Gasteiger partial charge on any atom is -0.384 e. The lowest BCUT2D eigenvalue weighted by molar-refractivity contribution is 0.167. The Kier molecular flexibility index (Phi) is 2.72. The lowest BCUT2D eigenvalue weighted by Crippen LogP contribution is -2.19. The molecule has 0 aromatic carbocycles. The van der Waals surface area contributed by atoms with Crippen LogP contribution in [-0.2, 0) is 13.1 Å². The number of hydrogen-bond acceptors (Lipinski definition) is 5. The molecule has 5 nitrogen and oxygen atoms in total. The van der Waals surface area contributed by atoms with Crippen LogP contribution in [0.25, 0.3) is 0 Å². The summed E-state index contributed by atoms with van der Waals surface area (Å²) < 4.78 is 0. The molecule has 0 bridgehead atoms. The first kappa shape index (κ1) is 9.51. The van der Waals surface area contributed by atoms with Crippen molar-refractivity contribution in [2.75, 3.05) is 13.6 Å². The Bertz CT molecular complexity index is 329. The number of hydrogen-bond donors (Lipinski definition) is 3. The molecule has 1 aliphatic rings. The highest BCUT2D eigenvalue weighted by molar-refractivity contribution is 5.21. The maximum Gasteiger partial charge on any atom is 0.158 e. The van der Waals surface area contributed by atoms with Crippen LogP contribution >= 0.6 is 0 Å². The lowest BCUT2D eigenvalue weighted by atomic mass is 10.2. The van der Waals surface area contributed by atoms with Crippen LogP contribution in [0.2, 0.25) is 0 Å². The third-order valence-electron chi connectivity index (χ3n) is 2.28. The van der Waals surface area contributed by atoms with E-state index in [1.54, 1.807) is 13.2 Å². The molecule has 1 aliphatic heterocycles. The van der Waals surface area contributed by atoms with Crippen LogP contribution in [-0.4, -0.2) is 28.7 Å². The molecule has 0 saturated carbocycles. The Morgan fingerprint density at radius 2 is 2.50 bits per heavy atom. The average molecular weight is 194 g/mol. The standard InChI is InChI=1S/C9H14N4O/c1-10-5-8(14)9-12-3-6-2-11-4-7(6)13-9/h3,8,10-11,14H,2,4-5H2,1H3. The Labute approximate surface area is 82.6 Å². The molecule has 1 aromatic heterocycles. The van der Waals surface area contributed by atoms with Crippen molar-refractivity contribution >= 4 is 0 Å². The Morgan fingerprint density at radius 1 is 1.64 bits per heavy atom. The third kappa shape index (κ3) is 1.75. The number of nitrogens with one attached hydrogen (secondary N) is 2. The zero-order valence-corrected chi connectivity index (χ0v) is 8.12. The molecule has 3 N–H and O–H groups in total. The van der Waals surface area contributed by atoms with Crippen LogP contribution in [0, 0.1) is 0 Å². The normalized spacial score (nSPS) is 16.7. The summed E-state index contributed by atoms with van der Waals surface area (Å²) in [6.07, 6.45) is 1.17. The highest BCUT2D eigenvalue weighted by Crippen LogP contribution is 2.14. The van der Waals surface area contributed by atoms with Crippen LogP contribution in [0.4, 0.5) is 0 Å². The van der Waals surface area contributed by atoms with Gasteiger partial charge in [-0.1, -0.05) is 0 Å². The molecule has 2 heterocycles. The molecule has 0 aliphatic carbocycles. The second-order valence-electron chi connectivity index (χ2n) is 3.38. The largest absolute Gasteiger partial charge is 0.384 e. The number of aliphatic hydroxyl groups is 1. The summed E-state index contributed by atoms with van der Waals surface area (Å²) in [5.41, 5.74) is 2.13. The van der Waals surface area contributed by atoms with Gasteiger partial charge in [-0.05, 0) is 7.05 Å². The van der Waals surface area contributed by atoms with Crippen molar-refractivity contribution in [2.45, 2.75) is 19.2 Å². The first-order chi connectivity index (χ1) is 6.81. The molecule has 0 amide bonds. The number of aliphatic hydroxyl groups excluding tert-OH is 1. The van der Waals surface area contributed by atoms with E-state index in [2.05, 4.69) is 20.6 Å². The fourth-order valence-corrected chi connectivity index (χ4v) is 1.52. The fraction of sp³-hybridized carbons (Fsp3) is 0.556. The summed E-state index contributed by atoms with van der Waals surface area (Å²) in [5, 5.41) is 15.7. The molecule has 14 heavy (non-hydrogen) atoms. The number of fused-ring (bicyclic) bond motifs is 1.